The number of benzene rings is 1. The molecule has 3 aromatic rings. The van der Waals surface area contributed by atoms with Crippen LogP contribution in [0, 0.1) is 20.8 Å². The molecule has 0 bridgehead atoms. The van der Waals surface area contributed by atoms with Crippen molar-refractivity contribution in [3.63, 3.8) is 0 Å². The predicted molar refractivity (Wildman–Crippen MR) is 151 cm³/mol. The maximum atomic E-state index is 13.1. The summed E-state index contributed by atoms with van der Waals surface area (Å²) < 4.78 is 12.2. The van der Waals surface area contributed by atoms with Crippen LogP contribution in [0.5, 0.6) is 5.75 Å². The molecule has 198 valence electrons. The lowest BCUT2D eigenvalue weighted by atomic mass is 10.1. The predicted octanol–water partition coefficient (Wildman–Crippen LogP) is 5.00. The van der Waals surface area contributed by atoms with Gasteiger partial charge in [0, 0.05) is 13.1 Å². The fourth-order valence-corrected chi connectivity index (χ4v) is 5.47. The first-order valence-electron chi connectivity index (χ1n) is 11.9. The number of aromatic nitrogens is 2. The number of anilines is 2. The molecule has 0 saturated carbocycles. The zero-order valence-corrected chi connectivity index (χ0v) is 23.9. The second kappa shape index (κ2) is 12.2. The van der Waals surface area contributed by atoms with E-state index in [1.165, 1.54) is 18.4 Å². The fraction of sp³-hybridized carbons (Fsp3) is 0.385. The molecule has 0 atom stereocenters. The number of methoxy groups -OCH3 is 2. The molecule has 1 amide bonds. The van der Waals surface area contributed by atoms with E-state index in [1.54, 1.807) is 18.9 Å². The minimum atomic E-state index is -0.531. The van der Waals surface area contributed by atoms with E-state index in [9.17, 15) is 9.59 Å². The third kappa shape index (κ3) is 6.11. The van der Waals surface area contributed by atoms with E-state index in [0.29, 0.717) is 40.6 Å². The highest BCUT2D eigenvalue weighted by atomic mass is 32.1. The Hall–Kier alpha value is -3.44. The largest absolute Gasteiger partial charge is 0.497 e. The van der Waals surface area contributed by atoms with Crippen molar-refractivity contribution in [2.24, 2.45) is 0 Å². The summed E-state index contributed by atoms with van der Waals surface area (Å²) in [6.45, 7) is 11.2. The summed E-state index contributed by atoms with van der Waals surface area (Å²) in [5.41, 5.74) is 4.37. The Morgan fingerprint density at radius 3 is 2.46 bits per heavy atom. The van der Waals surface area contributed by atoms with Gasteiger partial charge in [0.05, 0.1) is 48.3 Å². The number of hydrogen-bond donors (Lipinski definition) is 2. The van der Waals surface area contributed by atoms with E-state index in [1.807, 2.05) is 56.6 Å². The second-order valence-electron chi connectivity index (χ2n) is 8.36. The van der Waals surface area contributed by atoms with Crippen LogP contribution in [0.1, 0.15) is 56.4 Å². The smallest absolute Gasteiger partial charge is 0.341 e. The monoisotopic (exact) mass is 543 g/mol. The van der Waals surface area contributed by atoms with Gasteiger partial charge in [-0.05, 0) is 70.1 Å². The Morgan fingerprint density at radius 2 is 1.84 bits per heavy atom. The molecule has 2 N–H and O–H groups in total. The van der Waals surface area contributed by atoms with Crippen LogP contribution < -0.4 is 15.4 Å². The lowest BCUT2D eigenvalue weighted by Crippen LogP contribution is -2.30. The number of nitrogens with zero attached hydrogens (tertiary/aromatic N) is 3. The molecular weight excluding hydrogens is 510 g/mol. The highest BCUT2D eigenvalue weighted by molar-refractivity contribution is 7.80. The molecule has 3 rings (SSSR count). The number of aryl methyl sites for hydroxylation is 1. The molecule has 0 aliphatic heterocycles. The lowest BCUT2D eigenvalue weighted by Gasteiger charge is -2.18. The minimum absolute atomic E-state index is 0.130. The van der Waals surface area contributed by atoms with Gasteiger partial charge in [-0.2, -0.15) is 5.10 Å². The molecule has 0 spiro atoms. The van der Waals surface area contributed by atoms with Crippen molar-refractivity contribution in [3.05, 3.63) is 57.2 Å². The second-order valence-corrected chi connectivity index (χ2v) is 9.79. The Morgan fingerprint density at radius 1 is 1.14 bits per heavy atom. The van der Waals surface area contributed by atoms with E-state index >= 15 is 0 Å². The SMILES string of the molecule is CCN(CC)C(=O)c1sc(NC(=S)Nc2c(C)nn(Cc3cccc(OC)c3)c2C)c(C(=O)OC)c1C. The number of carbonyl (C=O) groups is 2. The molecule has 2 aromatic heterocycles. The Bertz CT molecular complexity index is 1310. The molecule has 2 heterocycles. The van der Waals surface area contributed by atoms with Crippen molar-refractivity contribution in [2.45, 2.75) is 41.2 Å². The number of esters is 1. The summed E-state index contributed by atoms with van der Waals surface area (Å²) in [5, 5.41) is 11.7. The molecule has 0 fully saturated rings. The van der Waals surface area contributed by atoms with Crippen molar-refractivity contribution < 1.29 is 19.1 Å². The van der Waals surface area contributed by atoms with Crippen molar-refractivity contribution in [1.29, 1.82) is 0 Å². The number of nitrogens with one attached hydrogen (secondary N) is 2. The summed E-state index contributed by atoms with van der Waals surface area (Å²) in [5.74, 6) is 0.125. The maximum Gasteiger partial charge on any atom is 0.341 e. The zero-order valence-electron chi connectivity index (χ0n) is 22.2. The summed E-state index contributed by atoms with van der Waals surface area (Å²) in [7, 11) is 2.96. The quantitative estimate of drug-likeness (QED) is 0.287. The molecule has 11 heteroatoms. The molecule has 0 aliphatic rings. The van der Waals surface area contributed by atoms with Gasteiger partial charge in [0.2, 0.25) is 0 Å². The average molecular weight is 544 g/mol. The maximum absolute atomic E-state index is 13.1. The van der Waals surface area contributed by atoms with E-state index in [4.69, 9.17) is 21.7 Å². The van der Waals surface area contributed by atoms with Gasteiger partial charge in [0.1, 0.15) is 10.8 Å². The molecule has 1 aromatic carbocycles. The number of thiocarbonyl (C=S) groups is 1. The number of ether oxygens (including phenoxy) is 2. The molecular formula is C26H33N5O4S2. The van der Waals surface area contributed by atoms with Crippen LogP contribution in [0.4, 0.5) is 10.7 Å². The van der Waals surface area contributed by atoms with Gasteiger partial charge in [0.25, 0.3) is 5.91 Å². The first kappa shape index (κ1) is 28.1. The lowest BCUT2D eigenvalue weighted by molar-refractivity contribution is 0.0601. The molecule has 0 aliphatic carbocycles. The molecule has 0 unspecified atom stereocenters. The minimum Gasteiger partial charge on any atom is -0.497 e. The third-order valence-corrected chi connectivity index (χ3v) is 7.49. The summed E-state index contributed by atoms with van der Waals surface area (Å²) in [6.07, 6.45) is 0. The van der Waals surface area contributed by atoms with Gasteiger partial charge in [-0.25, -0.2) is 4.79 Å². The number of thiophene rings is 1. The van der Waals surface area contributed by atoms with Crippen LogP contribution in [0.15, 0.2) is 24.3 Å². The van der Waals surface area contributed by atoms with Gasteiger partial charge in [-0.3, -0.25) is 9.48 Å². The van der Waals surface area contributed by atoms with Gasteiger partial charge in [-0.1, -0.05) is 12.1 Å². The Balaban J connectivity index is 1.85. The van der Waals surface area contributed by atoms with Gasteiger partial charge >= 0.3 is 5.97 Å². The first-order chi connectivity index (χ1) is 17.6. The van der Waals surface area contributed by atoms with Crippen LogP contribution in [0.2, 0.25) is 0 Å². The molecule has 0 saturated heterocycles. The van der Waals surface area contributed by atoms with Crippen LogP contribution in [0.3, 0.4) is 0 Å². The number of amides is 1. The van der Waals surface area contributed by atoms with Gasteiger partial charge in [-0.15, -0.1) is 11.3 Å². The highest BCUT2D eigenvalue weighted by Crippen LogP contribution is 2.35. The van der Waals surface area contributed by atoms with Crippen LogP contribution >= 0.6 is 23.6 Å². The van der Waals surface area contributed by atoms with Crippen molar-refractivity contribution in [2.75, 3.05) is 37.9 Å². The topological polar surface area (TPSA) is 97.7 Å². The van der Waals surface area contributed by atoms with E-state index in [2.05, 4.69) is 15.7 Å². The highest BCUT2D eigenvalue weighted by Gasteiger charge is 2.28. The van der Waals surface area contributed by atoms with Gasteiger partial charge in [0.15, 0.2) is 5.11 Å². The van der Waals surface area contributed by atoms with E-state index < -0.39 is 5.97 Å². The number of carbonyl (C=O) groups excluding carboxylic acids is 2. The summed E-state index contributed by atoms with van der Waals surface area (Å²) in [4.78, 5) is 27.8. The summed E-state index contributed by atoms with van der Waals surface area (Å²) in [6, 6.07) is 7.83. The molecule has 37 heavy (non-hydrogen) atoms. The van der Waals surface area contributed by atoms with Crippen LogP contribution in [-0.2, 0) is 11.3 Å². The van der Waals surface area contributed by atoms with Gasteiger partial charge < -0.3 is 25.0 Å². The van der Waals surface area contributed by atoms with Crippen molar-refractivity contribution >= 4 is 51.2 Å². The Kier molecular flexibility index (Phi) is 9.28. The Labute approximate surface area is 226 Å². The molecule has 0 radical (unpaired) electrons. The average Bonchev–Trinajstić information content (AvgIpc) is 3.34. The van der Waals surface area contributed by atoms with Crippen molar-refractivity contribution in [3.8, 4) is 5.75 Å². The number of hydrogen-bond acceptors (Lipinski definition) is 7. The van der Waals surface area contributed by atoms with Crippen LogP contribution in [0.25, 0.3) is 0 Å². The molecule has 9 nitrogen and oxygen atoms in total. The van der Waals surface area contributed by atoms with Crippen molar-refractivity contribution in [1.82, 2.24) is 14.7 Å². The van der Waals surface area contributed by atoms with Crippen LogP contribution in [-0.4, -0.2) is 59.0 Å². The summed E-state index contributed by atoms with van der Waals surface area (Å²) >= 11 is 6.78. The third-order valence-electron chi connectivity index (χ3n) is 6.09. The van der Waals surface area contributed by atoms with E-state index in [0.717, 1.165) is 28.4 Å². The standard InChI is InChI=1S/C26H33N5O4S2/c1-8-30(9-2)24(32)22-15(3)20(25(33)35-7)23(37-22)28-26(36)27-21-16(4)29-31(17(21)5)14-18-11-10-12-19(13-18)34-6/h10-13H,8-9,14H2,1-7H3,(H2,27,28,36). The normalized spacial score (nSPS) is 10.7. The number of rotatable bonds is 9. The fourth-order valence-electron chi connectivity index (χ4n) is 4.03. The van der Waals surface area contributed by atoms with E-state index in [-0.39, 0.29) is 11.0 Å². The first-order valence-corrected chi connectivity index (χ1v) is 13.1. The zero-order chi connectivity index (χ0) is 27.3.